The lowest BCUT2D eigenvalue weighted by molar-refractivity contribution is 0.159. The molecule has 0 bridgehead atoms. The van der Waals surface area contributed by atoms with Crippen molar-refractivity contribution >= 4 is 23.2 Å². The van der Waals surface area contributed by atoms with E-state index >= 15 is 0 Å². The first-order valence-corrected chi connectivity index (χ1v) is 5.89. The zero-order chi connectivity index (χ0) is 11.3. The third kappa shape index (κ3) is 3.98. The van der Waals surface area contributed by atoms with E-state index in [0.717, 1.165) is 19.3 Å². The molecule has 0 aliphatic heterocycles. The maximum absolute atomic E-state index is 9.83. The van der Waals surface area contributed by atoms with Gasteiger partial charge in [-0.15, -0.1) is 0 Å². The second-order valence-electron chi connectivity index (χ2n) is 3.53. The van der Waals surface area contributed by atoms with Crippen molar-refractivity contribution < 1.29 is 5.11 Å². The van der Waals surface area contributed by atoms with Gasteiger partial charge in [0.2, 0.25) is 0 Å². The summed E-state index contributed by atoms with van der Waals surface area (Å²) >= 11 is 11.7. The number of pyridine rings is 1. The van der Waals surface area contributed by atoms with Gasteiger partial charge in [0.05, 0.1) is 21.8 Å². The Morgan fingerprint density at radius 2 is 2.13 bits per heavy atom. The molecule has 0 amide bonds. The van der Waals surface area contributed by atoms with Crippen molar-refractivity contribution in [3.05, 3.63) is 28.0 Å². The number of hydrogen-bond acceptors (Lipinski definition) is 2. The molecule has 15 heavy (non-hydrogen) atoms. The minimum Gasteiger partial charge on any atom is -0.387 e. The first-order valence-electron chi connectivity index (χ1n) is 5.14. The minimum absolute atomic E-state index is 0.437. The van der Waals surface area contributed by atoms with Gasteiger partial charge in [0, 0.05) is 6.20 Å². The van der Waals surface area contributed by atoms with Crippen molar-refractivity contribution in [2.75, 3.05) is 0 Å². The van der Waals surface area contributed by atoms with Gasteiger partial charge in [-0.25, -0.2) is 0 Å². The maximum atomic E-state index is 9.83. The average Bonchev–Trinajstić information content (AvgIpc) is 2.17. The van der Waals surface area contributed by atoms with Crippen LogP contribution in [0.1, 0.15) is 44.4 Å². The van der Waals surface area contributed by atoms with Crippen molar-refractivity contribution in [3.63, 3.8) is 0 Å². The summed E-state index contributed by atoms with van der Waals surface area (Å²) in [4.78, 5) is 4.04. The molecule has 0 aromatic carbocycles. The van der Waals surface area contributed by atoms with Gasteiger partial charge in [0.15, 0.2) is 0 Å². The van der Waals surface area contributed by atoms with Crippen LogP contribution in [-0.2, 0) is 0 Å². The highest BCUT2D eigenvalue weighted by Gasteiger charge is 2.12. The van der Waals surface area contributed by atoms with E-state index in [4.69, 9.17) is 23.2 Å². The quantitative estimate of drug-likeness (QED) is 0.799. The van der Waals surface area contributed by atoms with Crippen LogP contribution in [-0.4, -0.2) is 10.1 Å². The van der Waals surface area contributed by atoms with Crippen molar-refractivity contribution in [1.29, 1.82) is 0 Å². The molecular formula is C11H15Cl2NO. The largest absolute Gasteiger partial charge is 0.387 e. The molecule has 1 aromatic heterocycles. The molecule has 1 aromatic rings. The molecule has 2 nitrogen and oxygen atoms in total. The normalized spacial score (nSPS) is 12.8. The van der Waals surface area contributed by atoms with Gasteiger partial charge in [-0.2, -0.15) is 0 Å². The van der Waals surface area contributed by atoms with Crippen molar-refractivity contribution in [1.82, 2.24) is 4.98 Å². The van der Waals surface area contributed by atoms with E-state index in [1.54, 1.807) is 6.07 Å². The molecular weight excluding hydrogens is 233 g/mol. The molecule has 0 saturated carbocycles. The summed E-state index contributed by atoms with van der Waals surface area (Å²) in [6.45, 7) is 2.12. The third-order valence-electron chi connectivity index (χ3n) is 2.23. The molecule has 0 spiro atoms. The van der Waals surface area contributed by atoms with Crippen LogP contribution in [0.2, 0.25) is 10.0 Å². The van der Waals surface area contributed by atoms with E-state index in [9.17, 15) is 5.11 Å². The summed E-state index contributed by atoms with van der Waals surface area (Å²) in [7, 11) is 0. The van der Waals surface area contributed by atoms with Crippen LogP contribution < -0.4 is 0 Å². The van der Waals surface area contributed by atoms with Gasteiger partial charge in [0.25, 0.3) is 0 Å². The van der Waals surface area contributed by atoms with E-state index < -0.39 is 6.10 Å². The molecule has 1 unspecified atom stereocenters. The summed E-state index contributed by atoms with van der Waals surface area (Å²) in [5.41, 5.74) is 0.525. The molecule has 4 heteroatoms. The van der Waals surface area contributed by atoms with E-state index in [1.807, 2.05) is 0 Å². The lowest BCUT2D eigenvalue weighted by atomic mass is 10.1. The molecule has 1 heterocycles. The van der Waals surface area contributed by atoms with E-state index in [2.05, 4.69) is 11.9 Å². The summed E-state index contributed by atoms with van der Waals surface area (Å²) in [6, 6.07) is 1.61. The van der Waals surface area contributed by atoms with Crippen LogP contribution in [0.5, 0.6) is 0 Å². The highest BCUT2D eigenvalue weighted by Crippen LogP contribution is 2.26. The predicted molar refractivity (Wildman–Crippen MR) is 63.4 cm³/mol. The number of aromatic nitrogens is 1. The number of rotatable bonds is 5. The summed E-state index contributed by atoms with van der Waals surface area (Å²) < 4.78 is 0. The molecule has 0 radical (unpaired) electrons. The Hall–Kier alpha value is -0.310. The third-order valence-corrected chi connectivity index (χ3v) is 2.74. The number of halogens is 2. The van der Waals surface area contributed by atoms with Crippen LogP contribution in [0.3, 0.4) is 0 Å². The van der Waals surface area contributed by atoms with Crippen LogP contribution in [0.4, 0.5) is 0 Å². The molecule has 0 aliphatic carbocycles. The predicted octanol–water partition coefficient (Wildman–Crippen LogP) is 4.00. The smallest absolute Gasteiger partial charge is 0.0974 e. The standard InChI is InChI=1S/C11H15Cl2NO/c1-2-3-4-5-10(15)11-9(13)6-8(12)7-14-11/h6-7,10,15H,2-5H2,1H3. The van der Waals surface area contributed by atoms with Gasteiger partial charge in [-0.1, -0.05) is 49.4 Å². The Kier molecular flexibility index (Phi) is 5.37. The molecule has 84 valence electrons. The van der Waals surface area contributed by atoms with Crippen molar-refractivity contribution in [2.45, 2.75) is 38.7 Å². The molecule has 0 saturated heterocycles. The molecule has 0 aliphatic rings. The molecule has 1 atom stereocenters. The van der Waals surface area contributed by atoms with Crippen molar-refractivity contribution in [2.24, 2.45) is 0 Å². The van der Waals surface area contributed by atoms with Gasteiger partial charge in [-0.3, -0.25) is 4.98 Å². The average molecular weight is 248 g/mol. The van der Waals surface area contributed by atoms with Gasteiger partial charge in [-0.05, 0) is 12.5 Å². The minimum atomic E-state index is -0.582. The number of aliphatic hydroxyl groups is 1. The van der Waals surface area contributed by atoms with Crippen LogP contribution >= 0.6 is 23.2 Å². The topological polar surface area (TPSA) is 33.1 Å². The summed E-state index contributed by atoms with van der Waals surface area (Å²) in [5, 5.41) is 10.8. The molecule has 1 N–H and O–H groups in total. The lowest BCUT2D eigenvalue weighted by Gasteiger charge is -2.11. The van der Waals surface area contributed by atoms with Gasteiger partial charge < -0.3 is 5.11 Å². The summed E-state index contributed by atoms with van der Waals surface area (Å²) in [6.07, 6.45) is 4.85. The second kappa shape index (κ2) is 6.31. The monoisotopic (exact) mass is 247 g/mol. The number of aliphatic hydroxyl groups excluding tert-OH is 1. The Morgan fingerprint density at radius 1 is 1.40 bits per heavy atom. The van der Waals surface area contributed by atoms with E-state index in [1.165, 1.54) is 6.20 Å². The number of hydrogen-bond donors (Lipinski definition) is 1. The maximum Gasteiger partial charge on any atom is 0.0974 e. The first kappa shape index (κ1) is 12.8. The molecule has 1 rings (SSSR count). The van der Waals surface area contributed by atoms with Crippen LogP contribution in [0.25, 0.3) is 0 Å². The number of nitrogens with zero attached hydrogens (tertiary/aromatic N) is 1. The lowest BCUT2D eigenvalue weighted by Crippen LogP contribution is -2.01. The zero-order valence-electron chi connectivity index (χ0n) is 8.71. The fourth-order valence-electron chi connectivity index (χ4n) is 1.39. The van der Waals surface area contributed by atoms with Crippen molar-refractivity contribution in [3.8, 4) is 0 Å². The second-order valence-corrected chi connectivity index (χ2v) is 4.38. The Bertz CT molecular complexity index is 317. The Balaban J connectivity index is 2.61. The highest BCUT2D eigenvalue weighted by molar-refractivity contribution is 6.34. The van der Waals surface area contributed by atoms with Crippen LogP contribution in [0.15, 0.2) is 12.3 Å². The fraction of sp³-hybridized carbons (Fsp3) is 0.545. The Labute approximate surface area is 100 Å². The zero-order valence-corrected chi connectivity index (χ0v) is 10.2. The number of unbranched alkanes of at least 4 members (excludes halogenated alkanes) is 2. The van der Waals surface area contributed by atoms with E-state index in [-0.39, 0.29) is 0 Å². The molecule has 0 fully saturated rings. The van der Waals surface area contributed by atoms with E-state index in [0.29, 0.717) is 22.2 Å². The highest BCUT2D eigenvalue weighted by atomic mass is 35.5. The fourth-order valence-corrected chi connectivity index (χ4v) is 1.90. The van der Waals surface area contributed by atoms with Gasteiger partial charge in [0.1, 0.15) is 0 Å². The first-order chi connectivity index (χ1) is 7.15. The Morgan fingerprint density at radius 3 is 2.73 bits per heavy atom. The SMILES string of the molecule is CCCCCC(O)c1ncc(Cl)cc1Cl. The summed E-state index contributed by atoms with van der Waals surface area (Å²) in [5.74, 6) is 0. The van der Waals surface area contributed by atoms with Gasteiger partial charge >= 0.3 is 0 Å². The van der Waals surface area contributed by atoms with Crippen LogP contribution in [0, 0.1) is 0 Å².